The van der Waals surface area contributed by atoms with Gasteiger partial charge in [0.25, 0.3) is 0 Å². The molecule has 1 fully saturated rings. The van der Waals surface area contributed by atoms with E-state index in [0.717, 1.165) is 25.7 Å². The quantitative estimate of drug-likeness (QED) is 0.294. The molecule has 0 radical (unpaired) electrons. The topological polar surface area (TPSA) is 78.7 Å². The van der Waals surface area contributed by atoms with Gasteiger partial charge in [0.15, 0.2) is 5.72 Å². The van der Waals surface area contributed by atoms with Gasteiger partial charge < -0.3 is 14.9 Å². The number of benzene rings is 2. The van der Waals surface area contributed by atoms with Crippen molar-refractivity contribution in [3.63, 3.8) is 0 Å². The summed E-state index contributed by atoms with van der Waals surface area (Å²) in [7, 11) is 0. The van der Waals surface area contributed by atoms with Gasteiger partial charge in [0.05, 0.1) is 30.4 Å². The zero-order valence-corrected chi connectivity index (χ0v) is 24.4. The summed E-state index contributed by atoms with van der Waals surface area (Å²) in [4.78, 5) is 10.7. The van der Waals surface area contributed by atoms with E-state index in [4.69, 9.17) is 27.9 Å². The number of rotatable bonds is 9. The number of ether oxygens (including phenoxy) is 1. The molecule has 2 heterocycles. The molecule has 1 aliphatic heterocycles. The van der Waals surface area contributed by atoms with Crippen LogP contribution in [0.15, 0.2) is 48.8 Å². The number of hydrogen-bond donors (Lipinski definition) is 2. The summed E-state index contributed by atoms with van der Waals surface area (Å²) in [6, 6.07) is 10.5. The molecule has 2 N–H and O–H groups in total. The molecule has 2 aliphatic rings. The average Bonchev–Trinajstić information content (AvgIpc) is 3.27. The van der Waals surface area contributed by atoms with Crippen LogP contribution in [0.4, 0.5) is 4.39 Å². The first-order chi connectivity index (χ1) is 19.2. The minimum atomic E-state index is -1.38. The summed E-state index contributed by atoms with van der Waals surface area (Å²) in [6.07, 6.45) is 7.49. The molecule has 5 rings (SSSR count). The summed E-state index contributed by atoms with van der Waals surface area (Å²) in [6.45, 7) is 4.49. The van der Waals surface area contributed by atoms with Crippen LogP contribution in [0.2, 0.25) is 10.0 Å². The first-order valence-corrected chi connectivity index (χ1v) is 14.7. The number of aliphatic hydroxyl groups excluding tert-OH is 1. The van der Waals surface area contributed by atoms with E-state index >= 15 is 4.39 Å². The Balaban J connectivity index is 1.65. The fourth-order valence-electron chi connectivity index (χ4n) is 6.56. The third-order valence-electron chi connectivity index (χ3n) is 8.69. The van der Waals surface area contributed by atoms with Crippen molar-refractivity contribution >= 4 is 23.2 Å². The molecule has 9 heteroatoms. The highest BCUT2D eigenvalue weighted by Crippen LogP contribution is 2.50. The van der Waals surface area contributed by atoms with Crippen LogP contribution in [0.5, 0.6) is 0 Å². The molecule has 0 spiro atoms. The second-order valence-electron chi connectivity index (χ2n) is 11.1. The van der Waals surface area contributed by atoms with Gasteiger partial charge in [-0.05, 0) is 60.4 Å². The van der Waals surface area contributed by atoms with Crippen molar-refractivity contribution < 1.29 is 19.3 Å². The van der Waals surface area contributed by atoms with Crippen LogP contribution in [0.3, 0.4) is 0 Å². The molecule has 1 unspecified atom stereocenters. The first kappa shape index (κ1) is 29.4. The van der Waals surface area contributed by atoms with Gasteiger partial charge in [0.2, 0.25) is 0 Å². The normalized spacial score (nSPS) is 24.6. The Morgan fingerprint density at radius 2 is 1.75 bits per heavy atom. The zero-order valence-electron chi connectivity index (χ0n) is 22.9. The summed E-state index contributed by atoms with van der Waals surface area (Å²) in [5.41, 5.74) is -0.167. The molecule has 3 aromatic rings. The standard InChI is InChI=1S/C31H36Cl2FN3O3/c1-3-30(39,22-6-4-20(2)5-7-22)24-14-21-18-37(19-28-35-16-26(33)17-36-28)31(40-13-12-38,29(21)27(34)15-24)23-8-10-25(32)11-9-23/h8-11,14-17,20,22,38-39H,3-7,12-13,18-19H2,1-2H3/t20?,22?,30?,31-/m1/s1. The highest BCUT2D eigenvalue weighted by Gasteiger charge is 2.51. The second-order valence-corrected chi connectivity index (χ2v) is 12.0. The summed E-state index contributed by atoms with van der Waals surface area (Å²) in [5.74, 6) is 0.736. The van der Waals surface area contributed by atoms with E-state index in [9.17, 15) is 10.2 Å². The van der Waals surface area contributed by atoms with Crippen LogP contribution < -0.4 is 0 Å². The molecule has 1 saturated carbocycles. The van der Waals surface area contributed by atoms with E-state index in [1.807, 2.05) is 30.0 Å². The maximum absolute atomic E-state index is 16.5. The van der Waals surface area contributed by atoms with Crippen LogP contribution in [0.1, 0.15) is 74.0 Å². The lowest BCUT2D eigenvalue weighted by atomic mass is 9.69. The minimum Gasteiger partial charge on any atom is -0.394 e. The van der Waals surface area contributed by atoms with Gasteiger partial charge in [-0.25, -0.2) is 14.4 Å². The van der Waals surface area contributed by atoms with E-state index in [1.54, 1.807) is 12.1 Å². The number of aromatic nitrogens is 2. The lowest BCUT2D eigenvalue weighted by Crippen LogP contribution is -2.45. The van der Waals surface area contributed by atoms with Crippen molar-refractivity contribution in [1.82, 2.24) is 14.9 Å². The van der Waals surface area contributed by atoms with Crippen molar-refractivity contribution in [2.75, 3.05) is 13.2 Å². The number of aliphatic hydroxyl groups is 2. The predicted molar refractivity (Wildman–Crippen MR) is 153 cm³/mol. The van der Waals surface area contributed by atoms with Gasteiger partial charge in [-0.15, -0.1) is 0 Å². The number of halogens is 3. The van der Waals surface area contributed by atoms with Gasteiger partial charge in [-0.2, -0.15) is 0 Å². The minimum absolute atomic E-state index is 0.0274. The monoisotopic (exact) mass is 587 g/mol. The van der Waals surface area contributed by atoms with E-state index in [0.29, 0.717) is 57.0 Å². The molecule has 0 saturated heterocycles. The van der Waals surface area contributed by atoms with Gasteiger partial charge in [-0.1, -0.05) is 68.1 Å². The Kier molecular flexibility index (Phi) is 8.81. The molecule has 1 aliphatic carbocycles. The van der Waals surface area contributed by atoms with Crippen molar-refractivity contribution in [3.8, 4) is 0 Å². The molecule has 2 atom stereocenters. The number of hydrogen-bond acceptors (Lipinski definition) is 6. The van der Waals surface area contributed by atoms with E-state index in [-0.39, 0.29) is 25.7 Å². The predicted octanol–water partition coefficient (Wildman–Crippen LogP) is 6.57. The third kappa shape index (κ3) is 5.40. The highest BCUT2D eigenvalue weighted by atomic mass is 35.5. The van der Waals surface area contributed by atoms with Crippen molar-refractivity contribution in [2.24, 2.45) is 11.8 Å². The van der Waals surface area contributed by atoms with Gasteiger partial charge in [0, 0.05) is 35.1 Å². The van der Waals surface area contributed by atoms with E-state index in [2.05, 4.69) is 16.9 Å². The van der Waals surface area contributed by atoms with Crippen LogP contribution in [0.25, 0.3) is 0 Å². The first-order valence-electron chi connectivity index (χ1n) is 14.0. The fraction of sp³-hybridized carbons (Fsp3) is 0.484. The molecule has 0 bridgehead atoms. The molecule has 0 amide bonds. The van der Waals surface area contributed by atoms with Gasteiger partial charge in [-0.3, -0.25) is 4.90 Å². The number of fused-ring (bicyclic) bond motifs is 1. The summed E-state index contributed by atoms with van der Waals surface area (Å²) in [5, 5.41) is 22.7. The average molecular weight is 589 g/mol. The molecule has 1 aromatic heterocycles. The van der Waals surface area contributed by atoms with Crippen molar-refractivity contribution in [1.29, 1.82) is 0 Å². The molecule has 2 aromatic carbocycles. The Bertz CT molecular complexity index is 1320. The summed E-state index contributed by atoms with van der Waals surface area (Å²) < 4.78 is 23.0. The largest absolute Gasteiger partial charge is 0.394 e. The maximum atomic E-state index is 16.5. The third-order valence-corrected chi connectivity index (χ3v) is 9.14. The molecular weight excluding hydrogens is 552 g/mol. The second kappa shape index (κ2) is 12.0. The Morgan fingerprint density at radius 3 is 2.38 bits per heavy atom. The van der Waals surface area contributed by atoms with Gasteiger partial charge >= 0.3 is 0 Å². The van der Waals surface area contributed by atoms with Gasteiger partial charge in [0.1, 0.15) is 11.6 Å². The molecule has 6 nitrogen and oxygen atoms in total. The molecule has 214 valence electrons. The number of nitrogens with zero attached hydrogens (tertiary/aromatic N) is 3. The van der Waals surface area contributed by atoms with E-state index < -0.39 is 17.1 Å². The maximum Gasteiger partial charge on any atom is 0.177 e. The zero-order chi connectivity index (χ0) is 28.5. The van der Waals surface area contributed by atoms with Crippen molar-refractivity contribution in [3.05, 3.63) is 92.7 Å². The highest BCUT2D eigenvalue weighted by molar-refractivity contribution is 6.30. The SMILES string of the molecule is CCC(O)(c1cc(F)c2c(c1)CN(Cc1ncc(Cl)cn1)[C@@]2(OCCO)c1ccc(Cl)cc1)C1CCC(C)CC1. The van der Waals surface area contributed by atoms with E-state index in [1.165, 1.54) is 18.5 Å². The smallest absolute Gasteiger partial charge is 0.177 e. The Labute approximate surface area is 245 Å². The van der Waals surface area contributed by atoms with Crippen LogP contribution >= 0.6 is 23.2 Å². The Hall–Kier alpha value is -2.13. The molecule has 40 heavy (non-hydrogen) atoms. The molecular formula is C31H36Cl2FN3O3. The van der Waals surface area contributed by atoms with Crippen LogP contribution in [0, 0.1) is 17.7 Å². The summed E-state index contributed by atoms with van der Waals surface area (Å²) >= 11 is 12.2. The van der Waals surface area contributed by atoms with Crippen molar-refractivity contribution in [2.45, 2.75) is 70.4 Å². The fourth-order valence-corrected chi connectivity index (χ4v) is 6.78. The lowest BCUT2D eigenvalue weighted by Gasteiger charge is -2.41. The lowest BCUT2D eigenvalue weighted by molar-refractivity contribution is -0.139. The van der Waals surface area contributed by atoms with Crippen LogP contribution in [-0.2, 0) is 29.2 Å². The van der Waals surface area contributed by atoms with Crippen LogP contribution in [-0.4, -0.2) is 38.3 Å². The Morgan fingerprint density at radius 1 is 1.07 bits per heavy atom.